The number of nitro benzene ring substituents is 1. The molecule has 2 saturated heterocycles. The van der Waals surface area contributed by atoms with Crippen molar-refractivity contribution >= 4 is 44.8 Å². The van der Waals surface area contributed by atoms with E-state index in [0.717, 1.165) is 0 Å². The zero-order chi connectivity index (χ0) is 29.7. The quantitative estimate of drug-likeness (QED) is 0.227. The summed E-state index contributed by atoms with van der Waals surface area (Å²) in [5, 5.41) is 18.4. The molecule has 0 bridgehead atoms. The topological polar surface area (TPSA) is 148 Å². The monoisotopic (exact) mass is 634 g/mol. The number of carbonyl (C=O) groups excluding carboxylic acids is 2. The Morgan fingerprint density at radius 2 is 1.80 bits per heavy atom. The normalized spacial score (nSPS) is 22.5. The van der Waals surface area contributed by atoms with Crippen molar-refractivity contribution in [1.29, 1.82) is 0 Å². The van der Waals surface area contributed by atoms with E-state index >= 15 is 0 Å². The number of ether oxygens (including phenoxy) is 3. The van der Waals surface area contributed by atoms with Gasteiger partial charge < -0.3 is 34.6 Å². The van der Waals surface area contributed by atoms with Gasteiger partial charge in [-0.1, -0.05) is 15.9 Å². The Morgan fingerprint density at radius 1 is 1.10 bits per heavy atom. The number of hydrogen-bond donors (Lipinski definition) is 2. The molecule has 1 aromatic heterocycles. The lowest BCUT2D eigenvalue weighted by atomic mass is 10.1. The number of likely N-dealkylation sites (tertiary alicyclic amines) is 1. The van der Waals surface area contributed by atoms with E-state index in [1.165, 1.54) is 12.3 Å². The van der Waals surface area contributed by atoms with Crippen LogP contribution in [0.15, 0.2) is 35.1 Å². The summed E-state index contributed by atoms with van der Waals surface area (Å²) in [6, 6.07) is 4.09. The number of halogens is 1. The van der Waals surface area contributed by atoms with Crippen molar-refractivity contribution in [2.24, 2.45) is 0 Å². The first kappa shape index (κ1) is 30.6. The third kappa shape index (κ3) is 7.31. The maximum Gasteiger partial charge on any atom is 0.294 e. The van der Waals surface area contributed by atoms with Crippen LogP contribution < -0.4 is 10.6 Å². The highest BCUT2D eigenvalue weighted by Gasteiger charge is 2.39. The number of hydrogen-bond acceptors (Lipinski definition) is 10. The second-order valence-corrected chi connectivity index (χ2v) is 11.1. The standard InChI is InChI=1S/C27H35BrN6O7/c1-16-12-32(13-17(2)41-16)27(36)21-8-19(28)9-23(34(37)38)25(21)31-22-14-33(15-24(22)40-6-5-39-4)26(35)18-7-20(29-3)11-30-10-18/h7-11,16-17,22,24,29,31H,5-6,12-15H2,1-4H3/t16-,17+,22-,24-/m0/s1. The highest BCUT2D eigenvalue weighted by atomic mass is 79.9. The Hall–Kier alpha value is -3.33. The number of nitrogens with one attached hydrogen (secondary N) is 2. The minimum atomic E-state index is -0.551. The molecule has 13 nitrogen and oxygen atoms in total. The van der Waals surface area contributed by atoms with Gasteiger partial charge in [0.2, 0.25) is 0 Å². The van der Waals surface area contributed by atoms with Crippen molar-refractivity contribution in [1.82, 2.24) is 14.8 Å². The fraction of sp³-hybridized carbons (Fsp3) is 0.519. The molecule has 2 fully saturated rings. The van der Waals surface area contributed by atoms with Crippen LogP contribution >= 0.6 is 15.9 Å². The van der Waals surface area contributed by atoms with Crippen LogP contribution in [0.25, 0.3) is 0 Å². The molecule has 2 N–H and O–H groups in total. The van der Waals surface area contributed by atoms with E-state index in [-0.39, 0.29) is 60.7 Å². The summed E-state index contributed by atoms with van der Waals surface area (Å²) in [4.78, 5) is 46.3. The molecule has 0 unspecified atom stereocenters. The number of methoxy groups -OCH3 is 1. The van der Waals surface area contributed by atoms with Crippen LogP contribution in [0.1, 0.15) is 34.6 Å². The number of pyridine rings is 1. The lowest BCUT2D eigenvalue weighted by molar-refractivity contribution is -0.384. The average molecular weight is 636 g/mol. The molecule has 2 aromatic rings. The van der Waals surface area contributed by atoms with Gasteiger partial charge in [0.05, 0.1) is 59.3 Å². The molecule has 0 spiro atoms. The van der Waals surface area contributed by atoms with Crippen molar-refractivity contribution in [3.63, 3.8) is 0 Å². The Balaban J connectivity index is 1.66. The smallest absolute Gasteiger partial charge is 0.294 e. The van der Waals surface area contributed by atoms with Crippen molar-refractivity contribution in [2.75, 3.05) is 64.2 Å². The van der Waals surface area contributed by atoms with Gasteiger partial charge in [0.25, 0.3) is 17.5 Å². The van der Waals surface area contributed by atoms with Gasteiger partial charge in [-0.2, -0.15) is 0 Å². The van der Waals surface area contributed by atoms with Crippen LogP contribution in [0.2, 0.25) is 0 Å². The highest BCUT2D eigenvalue weighted by Crippen LogP contribution is 2.36. The number of nitro groups is 1. The molecule has 4 atom stereocenters. The predicted molar refractivity (Wildman–Crippen MR) is 155 cm³/mol. The van der Waals surface area contributed by atoms with Gasteiger partial charge >= 0.3 is 0 Å². The molecule has 1 aromatic carbocycles. The Morgan fingerprint density at radius 3 is 2.46 bits per heavy atom. The third-order valence-electron chi connectivity index (χ3n) is 6.99. The summed E-state index contributed by atoms with van der Waals surface area (Å²) in [6.45, 7) is 5.49. The first-order chi connectivity index (χ1) is 19.6. The minimum absolute atomic E-state index is 0.0773. The van der Waals surface area contributed by atoms with E-state index in [9.17, 15) is 19.7 Å². The molecule has 2 aliphatic rings. The maximum absolute atomic E-state index is 13.8. The van der Waals surface area contributed by atoms with Gasteiger partial charge in [-0.15, -0.1) is 0 Å². The minimum Gasteiger partial charge on any atom is -0.387 e. The maximum atomic E-state index is 13.8. The molecule has 3 heterocycles. The Labute approximate surface area is 246 Å². The zero-order valence-electron chi connectivity index (χ0n) is 23.5. The van der Waals surface area contributed by atoms with Crippen LogP contribution in [-0.4, -0.2) is 109 Å². The third-order valence-corrected chi connectivity index (χ3v) is 7.45. The van der Waals surface area contributed by atoms with Crippen LogP contribution in [0.3, 0.4) is 0 Å². The first-order valence-corrected chi connectivity index (χ1v) is 14.1. The van der Waals surface area contributed by atoms with Crippen LogP contribution in [-0.2, 0) is 14.2 Å². The number of carbonyl (C=O) groups is 2. The number of nitrogens with zero attached hydrogens (tertiary/aromatic N) is 4. The summed E-state index contributed by atoms with van der Waals surface area (Å²) in [7, 11) is 3.30. The largest absolute Gasteiger partial charge is 0.387 e. The molecule has 2 amide bonds. The second-order valence-electron chi connectivity index (χ2n) is 10.1. The summed E-state index contributed by atoms with van der Waals surface area (Å²) in [5.74, 6) is -0.603. The lowest BCUT2D eigenvalue weighted by Crippen LogP contribution is -2.48. The van der Waals surface area contributed by atoms with Crippen LogP contribution in [0, 0.1) is 10.1 Å². The predicted octanol–water partition coefficient (Wildman–Crippen LogP) is 3.01. The van der Waals surface area contributed by atoms with E-state index in [4.69, 9.17) is 14.2 Å². The zero-order valence-corrected chi connectivity index (χ0v) is 25.0. The fourth-order valence-electron chi connectivity index (χ4n) is 5.16. The van der Waals surface area contributed by atoms with E-state index < -0.39 is 17.1 Å². The van der Waals surface area contributed by atoms with Crippen molar-refractivity contribution in [3.05, 3.63) is 56.3 Å². The molecule has 0 aliphatic carbocycles. The Bertz CT molecular complexity index is 1270. The highest BCUT2D eigenvalue weighted by molar-refractivity contribution is 9.10. The van der Waals surface area contributed by atoms with Crippen LogP contribution in [0.4, 0.5) is 17.1 Å². The second kappa shape index (κ2) is 13.6. The molecule has 0 radical (unpaired) electrons. The van der Waals surface area contributed by atoms with Gasteiger partial charge in [-0.3, -0.25) is 24.7 Å². The first-order valence-electron chi connectivity index (χ1n) is 13.3. The SMILES string of the molecule is CNc1cncc(C(=O)N2C[C@H](Nc3c(C(=O)N4C[C@@H](C)O[C@@H](C)C4)cc(Br)cc3[N+](=O)[O-])[C@@H](OCCOC)C2)c1. The molecule has 222 valence electrons. The van der Waals surface area contributed by atoms with E-state index in [1.807, 2.05) is 13.8 Å². The summed E-state index contributed by atoms with van der Waals surface area (Å²) in [5.41, 5.74) is 1.06. The van der Waals surface area contributed by atoms with Gasteiger partial charge in [0.15, 0.2) is 0 Å². The lowest BCUT2D eigenvalue weighted by Gasteiger charge is -2.35. The number of benzene rings is 1. The molecular formula is C27H35BrN6O7. The summed E-state index contributed by atoms with van der Waals surface area (Å²) < 4.78 is 17.4. The number of amides is 2. The van der Waals surface area contributed by atoms with Gasteiger partial charge in [0.1, 0.15) is 5.69 Å². The van der Waals surface area contributed by atoms with Crippen molar-refractivity contribution in [2.45, 2.75) is 38.2 Å². The van der Waals surface area contributed by atoms with E-state index in [0.29, 0.717) is 35.4 Å². The fourth-order valence-corrected chi connectivity index (χ4v) is 5.61. The van der Waals surface area contributed by atoms with Gasteiger partial charge in [-0.25, -0.2) is 0 Å². The van der Waals surface area contributed by atoms with Gasteiger partial charge in [0, 0.05) is 63.3 Å². The Kier molecular flexibility index (Phi) is 10.1. The number of anilines is 2. The van der Waals surface area contributed by atoms with Crippen molar-refractivity contribution in [3.8, 4) is 0 Å². The molecular weight excluding hydrogens is 600 g/mol. The van der Waals surface area contributed by atoms with E-state index in [2.05, 4.69) is 31.5 Å². The van der Waals surface area contributed by atoms with Crippen LogP contribution in [0.5, 0.6) is 0 Å². The van der Waals surface area contributed by atoms with E-state index in [1.54, 1.807) is 42.3 Å². The molecule has 0 saturated carbocycles. The average Bonchev–Trinajstić information content (AvgIpc) is 3.34. The number of rotatable bonds is 10. The van der Waals surface area contributed by atoms with Crippen molar-refractivity contribution < 1.29 is 28.7 Å². The van der Waals surface area contributed by atoms with Gasteiger partial charge in [-0.05, 0) is 26.0 Å². The molecule has 41 heavy (non-hydrogen) atoms. The summed E-state index contributed by atoms with van der Waals surface area (Å²) in [6.07, 6.45) is 2.23. The number of aromatic nitrogens is 1. The number of morpholine rings is 1. The molecule has 14 heteroatoms. The molecule has 2 aliphatic heterocycles. The molecule has 4 rings (SSSR count). The summed E-state index contributed by atoms with van der Waals surface area (Å²) >= 11 is 3.33.